The number of nitrogens with zero attached hydrogens (tertiary/aromatic N) is 2. The molecule has 1 heterocycles. The smallest absolute Gasteiger partial charge is 0.410 e. The summed E-state index contributed by atoms with van der Waals surface area (Å²) in [5, 5.41) is 0. The van der Waals surface area contributed by atoms with Gasteiger partial charge in [-0.2, -0.15) is 0 Å². The van der Waals surface area contributed by atoms with Gasteiger partial charge in [0.25, 0.3) is 0 Å². The lowest BCUT2D eigenvalue weighted by Crippen LogP contribution is -2.55. The Hall–Kier alpha value is -0.770. The van der Waals surface area contributed by atoms with Crippen molar-refractivity contribution in [2.24, 2.45) is 0 Å². The van der Waals surface area contributed by atoms with Gasteiger partial charge < -0.3 is 9.64 Å². The lowest BCUT2D eigenvalue weighted by molar-refractivity contribution is 0.00421. The fraction of sp³-hybridized carbons (Fsp3) is 0.923. The SMILES string of the molecule is CC(C)(C)OC(=O)N1CCN(C(C)(C)C)CC1. The molecule has 100 valence electrons. The normalized spacial score (nSPS) is 19.3. The lowest BCUT2D eigenvalue weighted by Gasteiger charge is -2.42. The predicted molar refractivity (Wildman–Crippen MR) is 69.1 cm³/mol. The molecule has 1 rings (SSSR count). The van der Waals surface area contributed by atoms with Gasteiger partial charge in [-0.3, -0.25) is 4.90 Å². The number of carbonyl (C=O) groups is 1. The molecule has 0 saturated carbocycles. The van der Waals surface area contributed by atoms with Gasteiger partial charge >= 0.3 is 6.09 Å². The molecule has 0 spiro atoms. The van der Waals surface area contributed by atoms with Crippen LogP contribution >= 0.6 is 0 Å². The van der Waals surface area contributed by atoms with Gasteiger partial charge in [-0.25, -0.2) is 4.79 Å². The van der Waals surface area contributed by atoms with Crippen LogP contribution in [0.4, 0.5) is 4.79 Å². The highest BCUT2D eigenvalue weighted by molar-refractivity contribution is 5.68. The number of amides is 1. The van der Waals surface area contributed by atoms with E-state index in [9.17, 15) is 4.79 Å². The summed E-state index contributed by atoms with van der Waals surface area (Å²) in [5.41, 5.74) is -0.224. The Morgan fingerprint density at radius 2 is 1.41 bits per heavy atom. The lowest BCUT2D eigenvalue weighted by atomic mass is 10.1. The molecule has 0 bridgehead atoms. The summed E-state index contributed by atoms with van der Waals surface area (Å²) in [4.78, 5) is 16.1. The maximum Gasteiger partial charge on any atom is 0.410 e. The molecule has 4 heteroatoms. The number of hydrogen-bond donors (Lipinski definition) is 0. The molecule has 4 nitrogen and oxygen atoms in total. The van der Waals surface area contributed by atoms with E-state index in [2.05, 4.69) is 25.7 Å². The average molecular weight is 242 g/mol. The molecule has 1 fully saturated rings. The van der Waals surface area contributed by atoms with Crippen LogP contribution in [0.2, 0.25) is 0 Å². The van der Waals surface area contributed by atoms with E-state index in [4.69, 9.17) is 4.74 Å². The number of carbonyl (C=O) groups excluding carboxylic acids is 1. The first-order valence-corrected chi connectivity index (χ1v) is 6.32. The monoisotopic (exact) mass is 242 g/mol. The van der Waals surface area contributed by atoms with E-state index >= 15 is 0 Å². The van der Waals surface area contributed by atoms with E-state index in [1.54, 1.807) is 4.90 Å². The van der Waals surface area contributed by atoms with Crippen molar-refractivity contribution in [3.63, 3.8) is 0 Å². The van der Waals surface area contributed by atoms with E-state index in [0.29, 0.717) is 0 Å². The van der Waals surface area contributed by atoms with Crippen LogP contribution < -0.4 is 0 Å². The van der Waals surface area contributed by atoms with Crippen LogP contribution in [0, 0.1) is 0 Å². The summed E-state index contributed by atoms with van der Waals surface area (Å²) in [6.07, 6.45) is -0.189. The molecule has 1 saturated heterocycles. The van der Waals surface area contributed by atoms with Crippen LogP contribution in [0.5, 0.6) is 0 Å². The van der Waals surface area contributed by atoms with Gasteiger partial charge in [0.2, 0.25) is 0 Å². The molecule has 0 unspecified atom stereocenters. The molecule has 0 radical (unpaired) electrons. The maximum atomic E-state index is 11.9. The Labute approximate surface area is 105 Å². The Morgan fingerprint density at radius 1 is 0.941 bits per heavy atom. The first-order chi connectivity index (χ1) is 7.59. The third kappa shape index (κ3) is 4.54. The minimum atomic E-state index is -0.405. The molecule has 0 aromatic carbocycles. The quantitative estimate of drug-likeness (QED) is 0.653. The summed E-state index contributed by atoms with van der Waals surface area (Å²) >= 11 is 0. The van der Waals surface area contributed by atoms with Gasteiger partial charge in [0.1, 0.15) is 5.60 Å². The highest BCUT2D eigenvalue weighted by Gasteiger charge is 2.29. The van der Waals surface area contributed by atoms with E-state index in [0.717, 1.165) is 26.2 Å². The molecule has 1 aliphatic rings. The van der Waals surface area contributed by atoms with Crippen LogP contribution in [0.1, 0.15) is 41.5 Å². The van der Waals surface area contributed by atoms with Gasteiger partial charge in [-0.05, 0) is 41.5 Å². The van der Waals surface area contributed by atoms with E-state index in [1.165, 1.54) is 0 Å². The van der Waals surface area contributed by atoms with Crippen molar-refractivity contribution < 1.29 is 9.53 Å². The standard InChI is InChI=1S/C13H26N2O2/c1-12(2,3)15-9-7-14(8-10-15)11(16)17-13(4,5)6/h7-10H2,1-6H3. The van der Waals surface area contributed by atoms with E-state index < -0.39 is 5.60 Å². The molecule has 0 N–H and O–H groups in total. The highest BCUT2D eigenvalue weighted by Crippen LogP contribution is 2.17. The van der Waals surface area contributed by atoms with Gasteiger partial charge in [0.05, 0.1) is 0 Å². The summed E-state index contributed by atoms with van der Waals surface area (Å²) in [7, 11) is 0. The van der Waals surface area contributed by atoms with Crippen molar-refractivity contribution in [1.29, 1.82) is 0 Å². The Balaban J connectivity index is 2.45. The molecular formula is C13H26N2O2. The van der Waals surface area contributed by atoms with Crippen molar-refractivity contribution >= 4 is 6.09 Å². The summed E-state index contributed by atoms with van der Waals surface area (Å²) < 4.78 is 5.37. The third-order valence-corrected chi connectivity index (χ3v) is 2.88. The molecule has 0 aromatic heterocycles. The second-order valence-electron chi connectivity index (χ2n) is 6.63. The predicted octanol–water partition coefficient (Wildman–Crippen LogP) is 2.34. The van der Waals surface area contributed by atoms with Crippen molar-refractivity contribution in [1.82, 2.24) is 9.80 Å². The fourth-order valence-corrected chi connectivity index (χ4v) is 1.89. The topological polar surface area (TPSA) is 32.8 Å². The van der Waals surface area contributed by atoms with Crippen molar-refractivity contribution in [2.75, 3.05) is 26.2 Å². The number of ether oxygens (including phenoxy) is 1. The van der Waals surface area contributed by atoms with Crippen LogP contribution in [-0.4, -0.2) is 53.2 Å². The molecule has 0 aromatic rings. The molecule has 0 atom stereocenters. The van der Waals surface area contributed by atoms with Gasteiger partial charge in [0, 0.05) is 31.7 Å². The Kier molecular flexibility index (Phi) is 4.07. The first-order valence-electron chi connectivity index (χ1n) is 6.32. The van der Waals surface area contributed by atoms with E-state index in [-0.39, 0.29) is 11.6 Å². The third-order valence-electron chi connectivity index (χ3n) is 2.88. The second kappa shape index (κ2) is 4.84. The largest absolute Gasteiger partial charge is 0.444 e. The Morgan fingerprint density at radius 3 is 1.76 bits per heavy atom. The second-order valence-corrected chi connectivity index (χ2v) is 6.63. The Bertz CT molecular complexity index is 268. The summed E-state index contributed by atoms with van der Waals surface area (Å²) in [6.45, 7) is 15.7. The molecule has 0 aliphatic carbocycles. The van der Waals surface area contributed by atoms with Crippen LogP contribution in [-0.2, 0) is 4.74 Å². The summed E-state index contributed by atoms with van der Waals surface area (Å²) in [6, 6.07) is 0. The van der Waals surface area contributed by atoms with Crippen LogP contribution in [0.25, 0.3) is 0 Å². The average Bonchev–Trinajstić information content (AvgIpc) is 2.14. The van der Waals surface area contributed by atoms with Crippen molar-refractivity contribution in [3.05, 3.63) is 0 Å². The highest BCUT2D eigenvalue weighted by atomic mass is 16.6. The van der Waals surface area contributed by atoms with Gasteiger partial charge in [-0.15, -0.1) is 0 Å². The first kappa shape index (κ1) is 14.3. The molecule has 1 aliphatic heterocycles. The fourth-order valence-electron chi connectivity index (χ4n) is 1.89. The summed E-state index contributed by atoms with van der Waals surface area (Å²) in [5.74, 6) is 0. The molecule has 17 heavy (non-hydrogen) atoms. The van der Waals surface area contributed by atoms with Crippen LogP contribution in [0.3, 0.4) is 0 Å². The van der Waals surface area contributed by atoms with Crippen LogP contribution in [0.15, 0.2) is 0 Å². The van der Waals surface area contributed by atoms with Gasteiger partial charge in [-0.1, -0.05) is 0 Å². The zero-order valence-electron chi connectivity index (χ0n) is 12.0. The zero-order valence-corrected chi connectivity index (χ0v) is 12.0. The minimum Gasteiger partial charge on any atom is -0.444 e. The van der Waals surface area contributed by atoms with Crippen molar-refractivity contribution in [2.45, 2.75) is 52.7 Å². The van der Waals surface area contributed by atoms with Crippen molar-refractivity contribution in [3.8, 4) is 0 Å². The number of hydrogen-bond acceptors (Lipinski definition) is 3. The molecule has 1 amide bonds. The maximum absolute atomic E-state index is 11.9. The zero-order chi connectivity index (χ0) is 13.3. The van der Waals surface area contributed by atoms with E-state index in [1.807, 2.05) is 20.8 Å². The minimum absolute atomic E-state index is 0.181. The molecular weight excluding hydrogens is 216 g/mol. The van der Waals surface area contributed by atoms with Gasteiger partial charge in [0.15, 0.2) is 0 Å². The number of rotatable bonds is 0. The number of piperazine rings is 1.